The van der Waals surface area contributed by atoms with Crippen molar-refractivity contribution in [1.29, 1.82) is 0 Å². The van der Waals surface area contributed by atoms with Crippen LogP contribution in [-0.4, -0.2) is 10.8 Å². The SMILES string of the molecule is Cc1c(C(=O)NCc2ccc3ccccc3c2)cccc1[N+](=O)[O-]. The molecule has 5 nitrogen and oxygen atoms in total. The van der Waals surface area contributed by atoms with Crippen molar-refractivity contribution in [3.05, 3.63) is 87.5 Å². The zero-order valence-corrected chi connectivity index (χ0v) is 13.2. The van der Waals surface area contributed by atoms with Crippen molar-refractivity contribution in [3.63, 3.8) is 0 Å². The van der Waals surface area contributed by atoms with Crippen molar-refractivity contribution in [2.24, 2.45) is 0 Å². The highest BCUT2D eigenvalue weighted by molar-refractivity contribution is 5.96. The minimum atomic E-state index is -0.477. The molecule has 0 fully saturated rings. The molecule has 0 aliphatic rings. The zero-order chi connectivity index (χ0) is 17.1. The summed E-state index contributed by atoms with van der Waals surface area (Å²) in [5.74, 6) is -0.315. The van der Waals surface area contributed by atoms with Crippen LogP contribution in [0.4, 0.5) is 5.69 Å². The Labute approximate surface area is 139 Å². The van der Waals surface area contributed by atoms with Crippen LogP contribution in [0, 0.1) is 17.0 Å². The second-order valence-electron chi connectivity index (χ2n) is 5.57. The fourth-order valence-electron chi connectivity index (χ4n) is 2.69. The van der Waals surface area contributed by atoms with Gasteiger partial charge in [-0.3, -0.25) is 14.9 Å². The minimum Gasteiger partial charge on any atom is -0.348 e. The molecule has 3 aromatic rings. The van der Waals surface area contributed by atoms with Crippen molar-refractivity contribution >= 4 is 22.4 Å². The minimum absolute atomic E-state index is 0.0478. The van der Waals surface area contributed by atoms with Gasteiger partial charge < -0.3 is 5.32 Å². The molecule has 120 valence electrons. The molecule has 5 heteroatoms. The van der Waals surface area contributed by atoms with E-state index in [0.29, 0.717) is 17.7 Å². The van der Waals surface area contributed by atoms with Crippen LogP contribution in [0.25, 0.3) is 10.8 Å². The van der Waals surface area contributed by atoms with Gasteiger partial charge in [0.1, 0.15) is 0 Å². The van der Waals surface area contributed by atoms with E-state index in [1.54, 1.807) is 13.0 Å². The van der Waals surface area contributed by atoms with Crippen LogP contribution < -0.4 is 5.32 Å². The van der Waals surface area contributed by atoms with Crippen molar-refractivity contribution in [1.82, 2.24) is 5.32 Å². The molecule has 0 aromatic heterocycles. The molecule has 0 saturated heterocycles. The van der Waals surface area contributed by atoms with E-state index in [1.807, 2.05) is 42.5 Å². The summed E-state index contributed by atoms with van der Waals surface area (Å²) in [6.45, 7) is 1.95. The number of nitrogens with zero attached hydrogens (tertiary/aromatic N) is 1. The van der Waals surface area contributed by atoms with Gasteiger partial charge >= 0.3 is 0 Å². The number of benzene rings is 3. The Morgan fingerprint density at radius 3 is 2.54 bits per heavy atom. The molecule has 3 rings (SSSR count). The van der Waals surface area contributed by atoms with Gasteiger partial charge in [0, 0.05) is 23.7 Å². The lowest BCUT2D eigenvalue weighted by atomic mass is 10.1. The number of hydrogen-bond donors (Lipinski definition) is 1. The Morgan fingerprint density at radius 1 is 1.04 bits per heavy atom. The molecule has 3 aromatic carbocycles. The number of rotatable bonds is 4. The van der Waals surface area contributed by atoms with E-state index >= 15 is 0 Å². The van der Waals surface area contributed by atoms with E-state index in [2.05, 4.69) is 5.32 Å². The van der Waals surface area contributed by atoms with Gasteiger partial charge in [0.2, 0.25) is 0 Å². The Hall–Kier alpha value is -3.21. The molecular formula is C19H16N2O3. The Balaban J connectivity index is 1.77. The molecule has 24 heavy (non-hydrogen) atoms. The highest BCUT2D eigenvalue weighted by Gasteiger charge is 2.17. The van der Waals surface area contributed by atoms with Crippen molar-refractivity contribution < 1.29 is 9.72 Å². The second-order valence-corrected chi connectivity index (χ2v) is 5.57. The molecule has 1 N–H and O–H groups in total. The van der Waals surface area contributed by atoms with E-state index in [9.17, 15) is 14.9 Å². The molecule has 1 amide bonds. The van der Waals surface area contributed by atoms with Gasteiger partial charge in [0.25, 0.3) is 11.6 Å². The average molecular weight is 320 g/mol. The van der Waals surface area contributed by atoms with Gasteiger partial charge in [0.05, 0.1) is 4.92 Å². The van der Waals surface area contributed by atoms with Crippen molar-refractivity contribution in [3.8, 4) is 0 Å². The lowest BCUT2D eigenvalue weighted by Gasteiger charge is -2.09. The maximum absolute atomic E-state index is 12.3. The number of nitro benzene ring substituents is 1. The summed E-state index contributed by atoms with van der Waals surface area (Å²) in [5.41, 5.74) is 1.63. The third kappa shape index (κ3) is 3.10. The van der Waals surface area contributed by atoms with E-state index in [1.165, 1.54) is 12.1 Å². The molecular weight excluding hydrogens is 304 g/mol. The van der Waals surface area contributed by atoms with Crippen molar-refractivity contribution in [2.75, 3.05) is 0 Å². The smallest absolute Gasteiger partial charge is 0.273 e. The van der Waals surface area contributed by atoms with Crippen LogP contribution in [0.2, 0.25) is 0 Å². The van der Waals surface area contributed by atoms with Gasteiger partial charge in [-0.1, -0.05) is 42.5 Å². The summed E-state index contributed by atoms with van der Waals surface area (Å²) < 4.78 is 0. The molecule has 0 unspecified atom stereocenters. The summed E-state index contributed by atoms with van der Waals surface area (Å²) >= 11 is 0. The second kappa shape index (κ2) is 6.50. The molecule has 0 spiro atoms. The number of hydrogen-bond acceptors (Lipinski definition) is 3. The highest BCUT2D eigenvalue weighted by atomic mass is 16.6. The number of carbonyl (C=O) groups is 1. The molecule has 0 bridgehead atoms. The van der Waals surface area contributed by atoms with Gasteiger partial charge in [0.15, 0.2) is 0 Å². The van der Waals surface area contributed by atoms with Crippen LogP contribution >= 0.6 is 0 Å². The first kappa shape index (κ1) is 15.7. The summed E-state index contributed by atoms with van der Waals surface area (Å²) in [5, 5.41) is 16.0. The van der Waals surface area contributed by atoms with Crippen LogP contribution in [-0.2, 0) is 6.54 Å². The van der Waals surface area contributed by atoms with E-state index in [-0.39, 0.29) is 11.6 Å². The molecule has 0 aliphatic heterocycles. The number of nitro groups is 1. The standard InChI is InChI=1S/C19H16N2O3/c1-13-17(7-4-8-18(13)21(23)24)19(22)20-12-14-9-10-15-5-2-3-6-16(15)11-14/h2-11H,12H2,1H3,(H,20,22). The Morgan fingerprint density at radius 2 is 1.79 bits per heavy atom. The largest absolute Gasteiger partial charge is 0.348 e. The fraction of sp³-hybridized carbons (Fsp3) is 0.105. The zero-order valence-electron chi connectivity index (χ0n) is 13.2. The van der Waals surface area contributed by atoms with Gasteiger partial charge in [-0.2, -0.15) is 0 Å². The number of amides is 1. The number of nitrogens with one attached hydrogen (secondary N) is 1. The maximum atomic E-state index is 12.3. The summed E-state index contributed by atoms with van der Waals surface area (Å²) in [6.07, 6.45) is 0. The monoisotopic (exact) mass is 320 g/mol. The molecule has 0 aliphatic carbocycles. The molecule has 0 heterocycles. The predicted molar refractivity (Wildman–Crippen MR) is 93.0 cm³/mol. The lowest BCUT2D eigenvalue weighted by molar-refractivity contribution is -0.385. The fourth-order valence-corrected chi connectivity index (χ4v) is 2.69. The summed E-state index contributed by atoms with van der Waals surface area (Å²) in [6, 6.07) is 18.5. The highest BCUT2D eigenvalue weighted by Crippen LogP contribution is 2.21. The van der Waals surface area contributed by atoms with Gasteiger partial charge in [-0.25, -0.2) is 0 Å². The molecule has 0 radical (unpaired) electrons. The van der Waals surface area contributed by atoms with Crippen LogP contribution in [0.15, 0.2) is 60.7 Å². The van der Waals surface area contributed by atoms with E-state index in [4.69, 9.17) is 0 Å². The summed E-state index contributed by atoms with van der Waals surface area (Å²) in [4.78, 5) is 22.8. The van der Waals surface area contributed by atoms with Crippen LogP contribution in [0.5, 0.6) is 0 Å². The third-order valence-corrected chi connectivity index (χ3v) is 4.01. The maximum Gasteiger partial charge on any atom is 0.273 e. The van der Waals surface area contributed by atoms with E-state index in [0.717, 1.165) is 16.3 Å². The quantitative estimate of drug-likeness (QED) is 0.583. The van der Waals surface area contributed by atoms with Gasteiger partial charge in [-0.05, 0) is 35.4 Å². The first-order valence-electron chi connectivity index (χ1n) is 7.56. The summed E-state index contributed by atoms with van der Waals surface area (Å²) in [7, 11) is 0. The first-order chi connectivity index (χ1) is 11.6. The normalized spacial score (nSPS) is 10.5. The molecule has 0 atom stereocenters. The topological polar surface area (TPSA) is 72.2 Å². The Bertz CT molecular complexity index is 935. The number of fused-ring (bicyclic) bond motifs is 1. The average Bonchev–Trinajstić information content (AvgIpc) is 2.59. The van der Waals surface area contributed by atoms with Crippen LogP contribution in [0.1, 0.15) is 21.5 Å². The lowest BCUT2D eigenvalue weighted by Crippen LogP contribution is -2.23. The van der Waals surface area contributed by atoms with Crippen molar-refractivity contribution in [2.45, 2.75) is 13.5 Å². The third-order valence-electron chi connectivity index (χ3n) is 4.01. The predicted octanol–water partition coefficient (Wildman–Crippen LogP) is 3.99. The Kier molecular flexibility index (Phi) is 4.24. The van der Waals surface area contributed by atoms with E-state index < -0.39 is 4.92 Å². The van der Waals surface area contributed by atoms with Gasteiger partial charge in [-0.15, -0.1) is 0 Å². The number of carbonyl (C=O) groups excluding carboxylic acids is 1. The first-order valence-corrected chi connectivity index (χ1v) is 7.56. The molecule has 0 saturated carbocycles. The van der Waals surface area contributed by atoms with Crippen LogP contribution in [0.3, 0.4) is 0 Å².